The van der Waals surface area contributed by atoms with Crippen molar-refractivity contribution in [2.24, 2.45) is 0 Å². The fraction of sp³-hybridized carbons (Fsp3) is 0.350. The molecule has 2 aromatic carbocycles. The minimum atomic E-state index is -0.985. The molecule has 0 saturated heterocycles. The molecule has 0 saturated carbocycles. The lowest BCUT2D eigenvalue weighted by Crippen LogP contribution is -2.39. The summed E-state index contributed by atoms with van der Waals surface area (Å²) in [7, 11) is 0. The Morgan fingerprint density at radius 3 is 2.44 bits per heavy atom. The zero-order valence-electron chi connectivity index (χ0n) is 14.2. The van der Waals surface area contributed by atoms with E-state index >= 15 is 0 Å². The summed E-state index contributed by atoms with van der Waals surface area (Å²) >= 11 is 0. The molecule has 1 unspecified atom stereocenters. The van der Waals surface area contributed by atoms with Crippen LogP contribution in [0, 0.1) is 0 Å². The van der Waals surface area contributed by atoms with Crippen molar-refractivity contribution in [3.05, 3.63) is 53.1 Å². The third kappa shape index (κ3) is 2.74. The third-order valence-electron chi connectivity index (χ3n) is 4.86. The second-order valence-electron chi connectivity index (χ2n) is 7.21. The Kier molecular flexibility index (Phi) is 3.51. The van der Waals surface area contributed by atoms with E-state index in [0.29, 0.717) is 23.5 Å². The summed E-state index contributed by atoms with van der Waals surface area (Å²) in [6, 6.07) is 10.2. The highest BCUT2D eigenvalue weighted by atomic mass is 16.5. The fourth-order valence-corrected chi connectivity index (χ4v) is 3.38. The van der Waals surface area contributed by atoms with Crippen LogP contribution in [0.4, 0.5) is 0 Å². The molecule has 25 heavy (non-hydrogen) atoms. The molecular weight excluding hydrogens is 320 g/mol. The first-order chi connectivity index (χ1) is 11.8. The monoisotopic (exact) mass is 340 g/mol. The van der Waals surface area contributed by atoms with Gasteiger partial charge in [0.05, 0.1) is 17.6 Å². The Hall–Kier alpha value is -2.53. The maximum absolute atomic E-state index is 12.6. The quantitative estimate of drug-likeness (QED) is 0.878. The molecule has 5 heteroatoms. The van der Waals surface area contributed by atoms with Crippen LogP contribution in [0.3, 0.4) is 0 Å². The van der Waals surface area contributed by atoms with Crippen LogP contribution in [0.5, 0.6) is 17.2 Å². The van der Waals surface area contributed by atoms with Gasteiger partial charge in [-0.05, 0) is 43.7 Å². The Morgan fingerprint density at radius 1 is 1.04 bits per heavy atom. The van der Waals surface area contributed by atoms with Gasteiger partial charge in [0.15, 0.2) is 5.78 Å². The van der Waals surface area contributed by atoms with Gasteiger partial charge in [-0.3, -0.25) is 4.79 Å². The van der Waals surface area contributed by atoms with Crippen molar-refractivity contribution in [2.45, 2.75) is 44.5 Å². The molecular formula is C20H20O5. The number of aliphatic hydroxyl groups is 1. The first kappa shape index (κ1) is 16.0. The molecule has 2 atom stereocenters. The van der Waals surface area contributed by atoms with Gasteiger partial charge in [-0.1, -0.05) is 12.1 Å². The van der Waals surface area contributed by atoms with Crippen LogP contribution >= 0.6 is 0 Å². The number of carbonyl (C=O) groups excluding carboxylic acids is 1. The summed E-state index contributed by atoms with van der Waals surface area (Å²) in [6.07, 6.45) is -0.0146. The molecule has 0 radical (unpaired) electrons. The average Bonchev–Trinajstić information content (AvgIpc) is 3.00. The minimum absolute atomic E-state index is 0.0221. The molecule has 2 heterocycles. The Balaban J connectivity index is 1.71. The summed E-state index contributed by atoms with van der Waals surface area (Å²) in [6.45, 7) is 3.42. The van der Waals surface area contributed by atoms with Crippen LogP contribution in [-0.4, -0.2) is 27.7 Å². The van der Waals surface area contributed by atoms with Crippen molar-refractivity contribution < 1.29 is 24.5 Å². The van der Waals surface area contributed by atoms with Crippen molar-refractivity contribution in [3.63, 3.8) is 0 Å². The number of carbonyl (C=O) groups is 1. The molecule has 130 valence electrons. The molecule has 0 aliphatic carbocycles. The highest BCUT2D eigenvalue weighted by molar-refractivity contribution is 6.00. The highest BCUT2D eigenvalue weighted by Gasteiger charge is 2.39. The number of hydrogen-bond donors (Lipinski definition) is 2. The number of aromatic hydroxyl groups is 1. The Morgan fingerprint density at radius 2 is 1.76 bits per heavy atom. The van der Waals surface area contributed by atoms with E-state index in [-0.39, 0.29) is 24.1 Å². The number of fused-ring (bicyclic) bond motifs is 3. The van der Waals surface area contributed by atoms with E-state index in [1.807, 2.05) is 0 Å². The van der Waals surface area contributed by atoms with Crippen LogP contribution in [0.1, 0.15) is 47.9 Å². The van der Waals surface area contributed by atoms with Gasteiger partial charge in [0.25, 0.3) is 0 Å². The maximum Gasteiger partial charge on any atom is 0.170 e. The molecule has 2 aliphatic heterocycles. The minimum Gasteiger partial charge on any atom is -0.508 e. The molecule has 0 aromatic heterocycles. The van der Waals surface area contributed by atoms with Crippen LogP contribution in [0.2, 0.25) is 0 Å². The van der Waals surface area contributed by atoms with E-state index in [9.17, 15) is 15.0 Å². The average molecular weight is 340 g/mol. The first-order valence-corrected chi connectivity index (χ1v) is 8.36. The number of rotatable bonds is 2. The number of phenols is 1. The number of phenolic OH excluding ortho intramolecular Hbond substituents is 1. The van der Waals surface area contributed by atoms with Gasteiger partial charge < -0.3 is 19.7 Å². The molecule has 0 amide bonds. The van der Waals surface area contributed by atoms with Gasteiger partial charge in [0, 0.05) is 12.0 Å². The lowest BCUT2D eigenvalue weighted by molar-refractivity contribution is -0.0229. The SMILES string of the molecule is CC(C)(O)C1Cc2c(ccc3c2O[C@H](c2ccc(O)cc2)CC3=O)O1. The standard InChI is InChI=1S/C20H20O5/c1-20(2,23)18-9-14-16(24-18)8-7-13-15(22)10-17(25-19(13)14)11-3-5-12(21)6-4-11/h3-8,17-18,21,23H,9-10H2,1-2H3/t17-,18?/m0/s1. The van der Waals surface area contributed by atoms with Crippen LogP contribution in [0.25, 0.3) is 0 Å². The molecule has 0 fully saturated rings. The van der Waals surface area contributed by atoms with Crippen LogP contribution in [-0.2, 0) is 6.42 Å². The van der Waals surface area contributed by atoms with Gasteiger partial charge in [0.1, 0.15) is 29.5 Å². The summed E-state index contributed by atoms with van der Waals surface area (Å²) in [5.74, 6) is 1.41. The van der Waals surface area contributed by atoms with Gasteiger partial charge in [-0.15, -0.1) is 0 Å². The molecule has 2 aromatic rings. The summed E-state index contributed by atoms with van der Waals surface area (Å²) in [4.78, 5) is 12.6. The van der Waals surface area contributed by atoms with E-state index < -0.39 is 11.7 Å². The molecule has 2 N–H and O–H groups in total. The smallest absolute Gasteiger partial charge is 0.170 e. The van der Waals surface area contributed by atoms with Crippen molar-refractivity contribution in [1.82, 2.24) is 0 Å². The zero-order valence-corrected chi connectivity index (χ0v) is 14.2. The predicted molar refractivity (Wildman–Crippen MR) is 91.3 cm³/mol. The predicted octanol–water partition coefficient (Wildman–Crippen LogP) is 3.17. The Bertz CT molecular complexity index is 832. The molecule has 0 bridgehead atoms. The Labute approximate surface area is 145 Å². The largest absolute Gasteiger partial charge is 0.508 e. The van der Waals surface area contributed by atoms with Crippen molar-refractivity contribution in [1.29, 1.82) is 0 Å². The topological polar surface area (TPSA) is 76.0 Å². The second-order valence-corrected chi connectivity index (χ2v) is 7.21. The fourth-order valence-electron chi connectivity index (χ4n) is 3.38. The van der Waals surface area contributed by atoms with Crippen molar-refractivity contribution >= 4 is 5.78 Å². The highest BCUT2D eigenvalue weighted by Crippen LogP contribution is 2.45. The number of ether oxygens (including phenoxy) is 2. The summed E-state index contributed by atoms with van der Waals surface area (Å²) < 4.78 is 12.0. The number of ketones is 1. The van der Waals surface area contributed by atoms with Gasteiger partial charge in [-0.2, -0.15) is 0 Å². The van der Waals surface area contributed by atoms with Crippen LogP contribution < -0.4 is 9.47 Å². The zero-order chi connectivity index (χ0) is 17.8. The van der Waals surface area contributed by atoms with E-state index in [2.05, 4.69) is 0 Å². The van der Waals surface area contributed by atoms with Crippen LogP contribution in [0.15, 0.2) is 36.4 Å². The third-order valence-corrected chi connectivity index (χ3v) is 4.86. The lowest BCUT2D eigenvalue weighted by atomic mass is 9.91. The molecule has 0 spiro atoms. The van der Waals surface area contributed by atoms with Crippen molar-refractivity contribution in [2.75, 3.05) is 0 Å². The number of benzene rings is 2. The normalized spacial score (nSPS) is 22.0. The van der Waals surface area contributed by atoms with Gasteiger partial charge in [-0.25, -0.2) is 0 Å². The number of hydrogen-bond acceptors (Lipinski definition) is 5. The lowest BCUT2D eigenvalue weighted by Gasteiger charge is -2.27. The maximum atomic E-state index is 12.6. The molecule has 5 nitrogen and oxygen atoms in total. The summed E-state index contributed by atoms with van der Waals surface area (Å²) in [5, 5.41) is 19.7. The van der Waals surface area contributed by atoms with Crippen molar-refractivity contribution in [3.8, 4) is 17.2 Å². The summed E-state index contributed by atoms with van der Waals surface area (Å²) in [5.41, 5.74) is 1.25. The van der Waals surface area contributed by atoms with E-state index in [1.54, 1.807) is 50.2 Å². The van der Waals surface area contributed by atoms with Gasteiger partial charge >= 0.3 is 0 Å². The van der Waals surface area contributed by atoms with E-state index in [0.717, 1.165) is 11.1 Å². The number of Topliss-reactive ketones (excluding diaryl/α,β-unsaturated/α-hetero) is 1. The molecule has 4 rings (SSSR count). The molecule has 2 aliphatic rings. The van der Waals surface area contributed by atoms with E-state index in [4.69, 9.17) is 9.47 Å². The second kappa shape index (κ2) is 5.49. The van der Waals surface area contributed by atoms with E-state index in [1.165, 1.54) is 0 Å². The van der Waals surface area contributed by atoms with Gasteiger partial charge in [0.2, 0.25) is 0 Å². The first-order valence-electron chi connectivity index (χ1n) is 8.36.